The van der Waals surface area contributed by atoms with Crippen molar-refractivity contribution >= 4 is 34.2 Å². The second kappa shape index (κ2) is 6.33. The van der Waals surface area contributed by atoms with E-state index in [-0.39, 0.29) is 10.6 Å². The van der Waals surface area contributed by atoms with Gasteiger partial charge in [0.05, 0.1) is 28.5 Å². The Balaban J connectivity index is 1.80. The Bertz CT molecular complexity index is 1050. The van der Waals surface area contributed by atoms with E-state index >= 15 is 0 Å². The standard InChI is InChI=1S/C18H11ClN4O2/c19-14-7-6-13-16(11-4-2-1-3-5-11)23-25-17(13)15(14)18(24)22-12-8-20-10-21-9-12/h1-10H,(H,22,24). The topological polar surface area (TPSA) is 80.9 Å². The molecule has 2 aromatic carbocycles. The molecule has 0 spiro atoms. The van der Waals surface area contributed by atoms with Crippen molar-refractivity contribution in [1.82, 2.24) is 15.1 Å². The van der Waals surface area contributed by atoms with Crippen LogP contribution in [0.25, 0.3) is 22.2 Å². The molecule has 0 radical (unpaired) electrons. The predicted molar refractivity (Wildman–Crippen MR) is 94.4 cm³/mol. The van der Waals surface area contributed by atoms with Crippen molar-refractivity contribution in [3.8, 4) is 11.3 Å². The van der Waals surface area contributed by atoms with Crippen molar-refractivity contribution in [1.29, 1.82) is 0 Å². The first-order valence-corrected chi connectivity index (χ1v) is 7.81. The zero-order chi connectivity index (χ0) is 17.2. The summed E-state index contributed by atoms with van der Waals surface area (Å²) in [5.41, 5.74) is 2.57. The maximum Gasteiger partial charge on any atom is 0.261 e. The van der Waals surface area contributed by atoms with Crippen LogP contribution in [0.4, 0.5) is 5.69 Å². The SMILES string of the molecule is O=C(Nc1cncnc1)c1c(Cl)ccc2c(-c3ccccc3)noc12. The smallest absolute Gasteiger partial charge is 0.261 e. The summed E-state index contributed by atoms with van der Waals surface area (Å²) in [5.74, 6) is -0.416. The summed E-state index contributed by atoms with van der Waals surface area (Å²) in [4.78, 5) is 20.4. The van der Waals surface area contributed by atoms with Crippen LogP contribution >= 0.6 is 11.6 Å². The highest BCUT2D eigenvalue weighted by Gasteiger charge is 2.21. The van der Waals surface area contributed by atoms with Gasteiger partial charge >= 0.3 is 0 Å². The lowest BCUT2D eigenvalue weighted by molar-refractivity contribution is 0.102. The van der Waals surface area contributed by atoms with Crippen LogP contribution in [0.1, 0.15) is 10.4 Å². The average Bonchev–Trinajstić information content (AvgIpc) is 3.07. The van der Waals surface area contributed by atoms with Crippen LogP contribution in [-0.2, 0) is 0 Å². The number of halogens is 1. The highest BCUT2D eigenvalue weighted by Crippen LogP contribution is 2.33. The third kappa shape index (κ3) is 2.83. The van der Waals surface area contributed by atoms with Gasteiger partial charge in [-0.15, -0.1) is 0 Å². The van der Waals surface area contributed by atoms with E-state index in [4.69, 9.17) is 16.1 Å². The highest BCUT2D eigenvalue weighted by atomic mass is 35.5. The Kier molecular flexibility index (Phi) is 3.87. The van der Waals surface area contributed by atoms with Gasteiger partial charge in [0.2, 0.25) is 0 Å². The van der Waals surface area contributed by atoms with Gasteiger partial charge in [-0.2, -0.15) is 0 Å². The van der Waals surface area contributed by atoms with Crippen molar-refractivity contribution in [2.45, 2.75) is 0 Å². The molecular weight excluding hydrogens is 340 g/mol. The number of carbonyl (C=O) groups excluding carboxylic acids is 1. The molecule has 1 amide bonds. The molecule has 4 rings (SSSR count). The van der Waals surface area contributed by atoms with Gasteiger partial charge < -0.3 is 9.84 Å². The van der Waals surface area contributed by atoms with E-state index in [0.29, 0.717) is 22.4 Å². The summed E-state index contributed by atoms with van der Waals surface area (Å²) >= 11 is 6.24. The second-order valence-corrected chi connectivity index (χ2v) is 5.68. The number of carbonyl (C=O) groups is 1. The van der Waals surface area contributed by atoms with Crippen molar-refractivity contribution in [3.63, 3.8) is 0 Å². The van der Waals surface area contributed by atoms with Crippen LogP contribution < -0.4 is 5.32 Å². The van der Waals surface area contributed by atoms with Crippen LogP contribution in [0.3, 0.4) is 0 Å². The predicted octanol–water partition coefficient (Wildman–Crippen LogP) is 4.19. The van der Waals surface area contributed by atoms with E-state index < -0.39 is 5.91 Å². The van der Waals surface area contributed by atoms with E-state index in [2.05, 4.69) is 20.4 Å². The fourth-order valence-electron chi connectivity index (χ4n) is 2.55. The first-order valence-electron chi connectivity index (χ1n) is 7.43. The molecule has 0 saturated heterocycles. The van der Waals surface area contributed by atoms with Gasteiger partial charge in [0.15, 0.2) is 5.58 Å². The molecule has 4 aromatic rings. The van der Waals surface area contributed by atoms with Gasteiger partial charge in [-0.25, -0.2) is 9.97 Å². The maximum absolute atomic E-state index is 12.7. The summed E-state index contributed by atoms with van der Waals surface area (Å²) in [6.45, 7) is 0. The van der Waals surface area contributed by atoms with E-state index in [0.717, 1.165) is 5.56 Å². The van der Waals surface area contributed by atoms with E-state index in [1.807, 2.05) is 30.3 Å². The van der Waals surface area contributed by atoms with Gasteiger partial charge in [0.25, 0.3) is 5.91 Å². The van der Waals surface area contributed by atoms with Gasteiger partial charge in [0, 0.05) is 5.56 Å². The molecular formula is C18H11ClN4O2. The lowest BCUT2D eigenvalue weighted by Gasteiger charge is -2.06. The molecule has 2 heterocycles. The monoisotopic (exact) mass is 350 g/mol. The molecule has 2 aromatic heterocycles. The Hall–Kier alpha value is -3.25. The Morgan fingerprint density at radius 2 is 1.80 bits per heavy atom. The van der Waals surface area contributed by atoms with Crippen molar-refractivity contribution in [2.75, 3.05) is 5.32 Å². The van der Waals surface area contributed by atoms with E-state index in [1.54, 1.807) is 12.1 Å². The number of hydrogen-bond donors (Lipinski definition) is 1. The number of fused-ring (bicyclic) bond motifs is 1. The molecule has 0 saturated carbocycles. The van der Waals surface area contributed by atoms with Crippen LogP contribution in [0.5, 0.6) is 0 Å². The lowest BCUT2D eigenvalue weighted by Crippen LogP contribution is -2.13. The van der Waals surface area contributed by atoms with E-state index in [1.165, 1.54) is 18.7 Å². The van der Waals surface area contributed by atoms with Crippen LogP contribution in [0, 0.1) is 0 Å². The van der Waals surface area contributed by atoms with Crippen molar-refractivity contribution < 1.29 is 9.32 Å². The third-order valence-electron chi connectivity index (χ3n) is 3.68. The number of benzene rings is 2. The molecule has 0 atom stereocenters. The zero-order valence-electron chi connectivity index (χ0n) is 12.8. The summed E-state index contributed by atoms with van der Waals surface area (Å²) in [6, 6.07) is 13.0. The Morgan fingerprint density at radius 3 is 2.56 bits per heavy atom. The highest BCUT2D eigenvalue weighted by molar-refractivity contribution is 6.36. The van der Waals surface area contributed by atoms with Gasteiger partial charge in [0.1, 0.15) is 17.6 Å². The minimum atomic E-state index is -0.416. The van der Waals surface area contributed by atoms with Crippen molar-refractivity contribution in [2.24, 2.45) is 0 Å². The van der Waals surface area contributed by atoms with E-state index in [9.17, 15) is 4.79 Å². The number of amides is 1. The molecule has 7 heteroatoms. The fraction of sp³-hybridized carbons (Fsp3) is 0. The first kappa shape index (κ1) is 15.3. The molecule has 0 fully saturated rings. The van der Waals surface area contributed by atoms with Gasteiger partial charge in [-0.1, -0.05) is 47.1 Å². The first-order chi connectivity index (χ1) is 12.2. The average molecular weight is 351 g/mol. The molecule has 6 nitrogen and oxygen atoms in total. The molecule has 1 N–H and O–H groups in total. The second-order valence-electron chi connectivity index (χ2n) is 5.28. The molecule has 0 unspecified atom stereocenters. The number of nitrogens with zero attached hydrogens (tertiary/aromatic N) is 3. The molecule has 25 heavy (non-hydrogen) atoms. The van der Waals surface area contributed by atoms with Crippen LogP contribution in [0.2, 0.25) is 5.02 Å². The number of hydrogen-bond acceptors (Lipinski definition) is 5. The summed E-state index contributed by atoms with van der Waals surface area (Å²) < 4.78 is 5.45. The summed E-state index contributed by atoms with van der Waals surface area (Å²) in [5, 5.41) is 7.81. The lowest BCUT2D eigenvalue weighted by atomic mass is 10.1. The fourth-order valence-corrected chi connectivity index (χ4v) is 2.79. The summed E-state index contributed by atoms with van der Waals surface area (Å²) in [7, 11) is 0. The number of rotatable bonds is 3. The summed E-state index contributed by atoms with van der Waals surface area (Å²) in [6.07, 6.45) is 4.37. The Labute approximate surface area is 147 Å². The number of nitrogens with one attached hydrogen (secondary N) is 1. The maximum atomic E-state index is 12.7. The molecule has 0 bridgehead atoms. The third-order valence-corrected chi connectivity index (χ3v) is 4.00. The normalized spacial score (nSPS) is 10.8. The molecule has 0 aliphatic carbocycles. The molecule has 122 valence electrons. The zero-order valence-corrected chi connectivity index (χ0v) is 13.6. The molecule has 0 aliphatic heterocycles. The van der Waals surface area contributed by atoms with Crippen LogP contribution in [-0.4, -0.2) is 21.0 Å². The van der Waals surface area contributed by atoms with Gasteiger partial charge in [-0.05, 0) is 12.1 Å². The quantitative estimate of drug-likeness (QED) is 0.599. The molecule has 0 aliphatic rings. The Morgan fingerprint density at radius 1 is 1.04 bits per heavy atom. The minimum absolute atomic E-state index is 0.220. The number of anilines is 1. The van der Waals surface area contributed by atoms with Gasteiger partial charge in [-0.3, -0.25) is 4.79 Å². The van der Waals surface area contributed by atoms with Crippen molar-refractivity contribution in [3.05, 3.63) is 71.8 Å². The largest absolute Gasteiger partial charge is 0.355 e. The number of aromatic nitrogens is 3. The van der Waals surface area contributed by atoms with Crippen LogP contribution in [0.15, 0.2) is 65.7 Å². The minimum Gasteiger partial charge on any atom is -0.355 e.